The van der Waals surface area contributed by atoms with Crippen LogP contribution in [0.4, 0.5) is 5.69 Å². The fourth-order valence-corrected chi connectivity index (χ4v) is 0.981. The summed E-state index contributed by atoms with van der Waals surface area (Å²) in [7, 11) is -1.38. The van der Waals surface area contributed by atoms with Gasteiger partial charge in [-0.2, -0.15) is 4.28 Å². The first-order valence-corrected chi connectivity index (χ1v) is 4.26. The van der Waals surface area contributed by atoms with Crippen LogP contribution in [-0.4, -0.2) is 20.4 Å². The van der Waals surface area contributed by atoms with Gasteiger partial charge >= 0.3 is 0 Å². The van der Waals surface area contributed by atoms with Gasteiger partial charge in [-0.15, -0.1) is 0 Å². The first kappa shape index (κ1) is 8.95. The second-order valence-electron chi connectivity index (χ2n) is 2.01. The first-order chi connectivity index (χ1) is 5.70. The number of rotatable bonds is 3. The molecule has 1 aromatic rings. The maximum atomic E-state index is 10.1. The van der Waals surface area contributed by atoms with Crippen molar-refractivity contribution in [2.45, 2.75) is 0 Å². The predicted molar refractivity (Wildman–Crippen MR) is 44.0 cm³/mol. The quantitative estimate of drug-likeness (QED) is 0.533. The number of hydrogen-bond acceptors (Lipinski definition) is 5. The molecule has 0 aliphatic carbocycles. The molecule has 1 rings (SSSR count). The van der Waals surface area contributed by atoms with Crippen LogP contribution in [0.3, 0.4) is 0 Å². The van der Waals surface area contributed by atoms with Crippen molar-refractivity contribution in [3.63, 3.8) is 0 Å². The highest BCUT2D eigenvalue weighted by Crippen LogP contribution is 2.08. The summed E-state index contributed by atoms with van der Waals surface area (Å²) >= 11 is 0. The van der Waals surface area contributed by atoms with Gasteiger partial charge in [-0.25, -0.2) is 13.5 Å². The summed E-state index contributed by atoms with van der Waals surface area (Å²) in [5.74, 6) is 0. The summed E-state index contributed by atoms with van der Waals surface area (Å²) < 4.78 is 24.7. The predicted octanol–water partition coefficient (Wildman–Crippen LogP) is -0.0242. The molecular formula is C6H8N2O3S. The van der Waals surface area contributed by atoms with Gasteiger partial charge < -0.3 is 0 Å². The Labute approximate surface area is 71.7 Å². The van der Waals surface area contributed by atoms with Crippen molar-refractivity contribution in [1.29, 1.82) is 0 Å². The minimum Gasteiger partial charge on any atom is -0.262 e. The van der Waals surface area contributed by atoms with E-state index in [9.17, 15) is 8.42 Å². The lowest BCUT2D eigenvalue weighted by Crippen LogP contribution is -2.16. The molecule has 1 heterocycles. The van der Waals surface area contributed by atoms with Crippen molar-refractivity contribution in [2.24, 2.45) is 0 Å². The minimum absolute atomic E-state index is 0.580. The molecule has 0 spiro atoms. The molecule has 0 aliphatic heterocycles. The Balaban J connectivity index is 2.71. The molecule has 0 bridgehead atoms. The maximum absolute atomic E-state index is 10.1. The van der Waals surface area contributed by atoms with Gasteiger partial charge in [0.2, 0.25) is 0 Å². The zero-order valence-corrected chi connectivity index (χ0v) is 7.27. The molecule has 0 N–H and O–H groups in total. The fraction of sp³-hybridized carbons (Fsp3) is 0.167. The summed E-state index contributed by atoms with van der Waals surface area (Å²) in [5, 5.41) is 1.12. The van der Waals surface area contributed by atoms with E-state index in [-0.39, 0.29) is 0 Å². The third-order valence-corrected chi connectivity index (χ3v) is 1.58. The van der Waals surface area contributed by atoms with Crippen molar-refractivity contribution < 1.29 is 12.7 Å². The molecule has 0 saturated carbocycles. The molecular weight excluding hydrogens is 180 g/mol. The summed E-state index contributed by atoms with van der Waals surface area (Å²) in [6.07, 6.45) is 3.09. The van der Waals surface area contributed by atoms with Crippen LogP contribution in [0, 0.1) is 0 Å². The first-order valence-electron chi connectivity index (χ1n) is 3.16. The average molecular weight is 188 g/mol. The van der Waals surface area contributed by atoms with Gasteiger partial charge in [0.1, 0.15) is 0 Å². The number of anilines is 1. The molecule has 0 aliphatic rings. The number of hydrogen-bond donors (Lipinski definition) is 1. The molecule has 12 heavy (non-hydrogen) atoms. The third-order valence-electron chi connectivity index (χ3n) is 1.20. The van der Waals surface area contributed by atoms with E-state index >= 15 is 0 Å². The van der Waals surface area contributed by atoms with Gasteiger partial charge in [0.15, 0.2) is 0 Å². The van der Waals surface area contributed by atoms with Crippen LogP contribution in [0.5, 0.6) is 0 Å². The zero-order chi connectivity index (χ0) is 8.97. The Hall–Kier alpha value is -1.14. The monoisotopic (exact) mass is 188 g/mol. The summed E-state index contributed by atoms with van der Waals surface area (Å²) in [5.41, 5.74) is 0.580. The Bertz CT molecular complexity index is 304. The number of pyridine rings is 1. The van der Waals surface area contributed by atoms with Gasteiger partial charge in [-0.05, 0) is 12.1 Å². The van der Waals surface area contributed by atoms with Crippen molar-refractivity contribution in [2.75, 3.05) is 12.1 Å². The van der Waals surface area contributed by atoms with Gasteiger partial charge in [0.25, 0.3) is 11.0 Å². The van der Waals surface area contributed by atoms with Crippen molar-refractivity contribution in [3.05, 3.63) is 24.5 Å². The smallest absolute Gasteiger partial charge is 0.262 e. The van der Waals surface area contributed by atoms with E-state index in [1.807, 2.05) is 0 Å². The topological polar surface area (TPSA) is 59.5 Å². The van der Waals surface area contributed by atoms with Gasteiger partial charge in [-0.1, -0.05) is 0 Å². The molecule has 0 aromatic carbocycles. The molecule has 6 heteroatoms. The van der Waals surface area contributed by atoms with Crippen molar-refractivity contribution >= 4 is 16.7 Å². The highest BCUT2D eigenvalue weighted by molar-refractivity contribution is 7.67. The standard InChI is InChI=1S/C6H8N2O3S/c1-8(11-12(9)10)6-3-2-4-7-5-6/h2-5,12H,1H3. The zero-order valence-electron chi connectivity index (χ0n) is 6.38. The van der Waals surface area contributed by atoms with Crippen LogP contribution in [0.2, 0.25) is 0 Å². The molecule has 0 atom stereocenters. The number of aromatic nitrogens is 1. The molecule has 0 amide bonds. The molecule has 1 aromatic heterocycles. The van der Waals surface area contributed by atoms with E-state index in [0.717, 1.165) is 5.06 Å². The molecule has 0 unspecified atom stereocenters. The third kappa shape index (κ3) is 2.48. The normalized spacial score (nSPS) is 10.2. The molecule has 0 saturated heterocycles. The second-order valence-corrected chi connectivity index (χ2v) is 2.62. The van der Waals surface area contributed by atoms with E-state index in [4.69, 9.17) is 0 Å². The largest absolute Gasteiger partial charge is 0.277 e. The lowest BCUT2D eigenvalue weighted by molar-refractivity contribution is 0.320. The van der Waals surface area contributed by atoms with Gasteiger partial charge in [-0.3, -0.25) is 4.98 Å². The average Bonchev–Trinajstić information content (AvgIpc) is 2.05. The van der Waals surface area contributed by atoms with Crippen LogP contribution in [-0.2, 0) is 15.3 Å². The van der Waals surface area contributed by atoms with Crippen LogP contribution >= 0.6 is 0 Å². The fourth-order valence-electron chi connectivity index (χ4n) is 0.687. The van der Waals surface area contributed by atoms with Crippen molar-refractivity contribution in [3.8, 4) is 0 Å². The number of thiol groups is 1. The molecule has 66 valence electrons. The van der Waals surface area contributed by atoms with E-state index in [0.29, 0.717) is 5.69 Å². The van der Waals surface area contributed by atoms with Crippen LogP contribution in [0.15, 0.2) is 24.5 Å². The van der Waals surface area contributed by atoms with Gasteiger partial charge in [0, 0.05) is 13.2 Å². The van der Waals surface area contributed by atoms with E-state index in [1.54, 1.807) is 18.3 Å². The van der Waals surface area contributed by atoms with Gasteiger partial charge in [0.05, 0.1) is 11.9 Å². The lowest BCUT2D eigenvalue weighted by atomic mass is 10.4. The van der Waals surface area contributed by atoms with Crippen LogP contribution < -0.4 is 5.06 Å². The van der Waals surface area contributed by atoms with E-state index < -0.39 is 11.0 Å². The highest BCUT2D eigenvalue weighted by Gasteiger charge is 2.00. The highest BCUT2D eigenvalue weighted by atomic mass is 32.2. The second kappa shape index (κ2) is 4.03. The van der Waals surface area contributed by atoms with Crippen LogP contribution in [0.1, 0.15) is 0 Å². The minimum atomic E-state index is -2.87. The summed E-state index contributed by atoms with van der Waals surface area (Å²) in [4.78, 5) is 3.79. The maximum Gasteiger partial charge on any atom is 0.277 e. The summed E-state index contributed by atoms with van der Waals surface area (Å²) in [6.45, 7) is 0. The lowest BCUT2D eigenvalue weighted by Gasteiger charge is -2.12. The number of nitrogens with zero attached hydrogens (tertiary/aromatic N) is 2. The number of hydroxylamine groups is 1. The molecule has 0 radical (unpaired) electrons. The Kier molecular flexibility index (Phi) is 3.01. The summed E-state index contributed by atoms with van der Waals surface area (Å²) in [6, 6.07) is 3.37. The van der Waals surface area contributed by atoms with Crippen LogP contribution in [0.25, 0.3) is 0 Å². The Morgan fingerprint density at radius 1 is 1.58 bits per heavy atom. The Morgan fingerprint density at radius 3 is 2.83 bits per heavy atom. The van der Waals surface area contributed by atoms with Crippen molar-refractivity contribution in [1.82, 2.24) is 4.98 Å². The van der Waals surface area contributed by atoms with E-state index in [2.05, 4.69) is 9.27 Å². The van der Waals surface area contributed by atoms with E-state index in [1.165, 1.54) is 13.2 Å². The Morgan fingerprint density at radius 2 is 2.33 bits per heavy atom. The molecule has 5 nitrogen and oxygen atoms in total. The molecule has 0 fully saturated rings. The SMILES string of the molecule is CN(O[SH](=O)=O)c1cccnc1.